The van der Waals surface area contributed by atoms with Gasteiger partial charge in [0.25, 0.3) is 5.56 Å². The van der Waals surface area contributed by atoms with Gasteiger partial charge in [0.05, 0.1) is 29.5 Å². The number of carbonyl (C=O) groups is 2. The Balaban J connectivity index is 1.89. The molecule has 0 bridgehead atoms. The number of benzene rings is 2. The molecule has 0 amide bonds. The number of nitrogens with zero attached hydrogens (tertiary/aromatic N) is 2. The Bertz CT molecular complexity index is 1530. The van der Waals surface area contributed by atoms with Gasteiger partial charge in [-0.1, -0.05) is 41.7 Å². The van der Waals surface area contributed by atoms with E-state index in [-0.39, 0.29) is 17.7 Å². The van der Waals surface area contributed by atoms with Gasteiger partial charge in [0.15, 0.2) is 11.4 Å². The molecule has 0 fully saturated rings. The van der Waals surface area contributed by atoms with E-state index < -0.39 is 24.6 Å². The largest absolute Gasteiger partial charge is 0.496 e. The van der Waals surface area contributed by atoms with Crippen molar-refractivity contribution in [3.8, 4) is 11.5 Å². The van der Waals surface area contributed by atoms with Gasteiger partial charge in [0, 0.05) is 5.56 Å². The van der Waals surface area contributed by atoms with Crippen LogP contribution in [-0.4, -0.2) is 41.9 Å². The highest BCUT2D eigenvalue weighted by molar-refractivity contribution is 7.07. The van der Waals surface area contributed by atoms with Crippen molar-refractivity contribution in [2.45, 2.75) is 19.9 Å². The zero-order chi connectivity index (χ0) is 25.8. The van der Waals surface area contributed by atoms with E-state index in [9.17, 15) is 14.4 Å². The standard InChI is InChI=1S/C26H24N2O7S/c1-4-34-25(32)22-15(2)27-26-28(23(22)18-10-5-6-11-19(18)33-3)24(31)20(36-26)13-16-8-7-9-17(12-16)35-14-21(29)30/h5-13,23H,4,14H2,1-3H3,(H,29,30)/t23-/m1/s1. The Morgan fingerprint density at radius 2 is 1.97 bits per heavy atom. The van der Waals surface area contributed by atoms with Crippen molar-refractivity contribution < 1.29 is 28.9 Å². The predicted molar refractivity (Wildman–Crippen MR) is 133 cm³/mol. The fraction of sp³-hybridized carbons (Fsp3) is 0.231. The summed E-state index contributed by atoms with van der Waals surface area (Å²) in [6.07, 6.45) is 1.68. The fourth-order valence-corrected chi connectivity index (χ4v) is 5.02. The van der Waals surface area contributed by atoms with Crippen molar-refractivity contribution >= 4 is 29.4 Å². The number of rotatable bonds is 8. The van der Waals surface area contributed by atoms with Crippen LogP contribution in [0, 0.1) is 0 Å². The second kappa shape index (κ2) is 10.6. The zero-order valence-corrected chi connectivity index (χ0v) is 20.7. The third-order valence-electron chi connectivity index (χ3n) is 5.47. The van der Waals surface area contributed by atoms with Crippen LogP contribution in [0.15, 0.2) is 69.6 Å². The lowest BCUT2D eigenvalue weighted by molar-refractivity contribution is -0.140. The molecule has 1 N–H and O–H groups in total. The number of ether oxygens (including phenoxy) is 3. The van der Waals surface area contributed by atoms with E-state index in [4.69, 9.17) is 19.3 Å². The van der Waals surface area contributed by atoms with E-state index in [1.165, 1.54) is 23.0 Å². The van der Waals surface area contributed by atoms with E-state index >= 15 is 0 Å². The number of carboxylic acids is 1. The minimum atomic E-state index is -1.09. The molecule has 186 valence electrons. The van der Waals surface area contributed by atoms with Crippen LogP contribution in [-0.2, 0) is 14.3 Å². The first kappa shape index (κ1) is 24.9. The van der Waals surface area contributed by atoms with Crippen LogP contribution in [0.5, 0.6) is 11.5 Å². The zero-order valence-electron chi connectivity index (χ0n) is 19.9. The number of hydrogen-bond donors (Lipinski definition) is 1. The normalized spacial score (nSPS) is 15.2. The monoisotopic (exact) mass is 508 g/mol. The van der Waals surface area contributed by atoms with Crippen LogP contribution in [0.4, 0.5) is 0 Å². The van der Waals surface area contributed by atoms with Crippen molar-refractivity contribution in [2.24, 2.45) is 4.99 Å². The van der Waals surface area contributed by atoms with Gasteiger partial charge in [-0.3, -0.25) is 9.36 Å². The topological polar surface area (TPSA) is 116 Å². The molecular weight excluding hydrogens is 484 g/mol. The lowest BCUT2D eigenvalue weighted by atomic mass is 9.95. The molecule has 2 aromatic carbocycles. The Morgan fingerprint density at radius 1 is 1.19 bits per heavy atom. The highest BCUT2D eigenvalue weighted by Crippen LogP contribution is 2.35. The molecule has 9 nitrogen and oxygen atoms in total. The smallest absolute Gasteiger partial charge is 0.341 e. The average molecular weight is 509 g/mol. The average Bonchev–Trinajstić information content (AvgIpc) is 3.16. The van der Waals surface area contributed by atoms with Crippen LogP contribution in [0.3, 0.4) is 0 Å². The Hall–Kier alpha value is -4.18. The van der Waals surface area contributed by atoms with Gasteiger partial charge in [-0.05, 0) is 43.7 Å². The van der Waals surface area contributed by atoms with Gasteiger partial charge in [-0.2, -0.15) is 0 Å². The summed E-state index contributed by atoms with van der Waals surface area (Å²) in [5, 5.41) is 8.85. The second-order valence-corrected chi connectivity index (χ2v) is 8.81. The third-order valence-corrected chi connectivity index (χ3v) is 6.45. The molecular formula is C26H24N2O7S. The van der Waals surface area contributed by atoms with Gasteiger partial charge in [0.2, 0.25) is 0 Å². The first-order valence-corrected chi connectivity index (χ1v) is 11.9. The predicted octanol–water partition coefficient (Wildman–Crippen LogP) is 2.27. The highest BCUT2D eigenvalue weighted by Gasteiger charge is 2.34. The van der Waals surface area contributed by atoms with Crippen molar-refractivity contribution in [3.05, 3.63) is 90.6 Å². The molecule has 2 heterocycles. The Morgan fingerprint density at radius 3 is 2.69 bits per heavy atom. The fourth-order valence-electron chi connectivity index (χ4n) is 3.97. The summed E-state index contributed by atoms with van der Waals surface area (Å²) in [6.45, 7) is 3.14. The number of hydrogen-bond acceptors (Lipinski definition) is 8. The lowest BCUT2D eigenvalue weighted by Crippen LogP contribution is -2.40. The van der Waals surface area contributed by atoms with Crippen molar-refractivity contribution in [3.63, 3.8) is 0 Å². The molecule has 0 radical (unpaired) electrons. The molecule has 1 aliphatic heterocycles. The summed E-state index contributed by atoms with van der Waals surface area (Å²) in [4.78, 5) is 42.5. The number of fused-ring (bicyclic) bond motifs is 1. The lowest BCUT2D eigenvalue weighted by Gasteiger charge is -2.25. The number of para-hydroxylation sites is 1. The summed E-state index contributed by atoms with van der Waals surface area (Å²) < 4.78 is 18.0. The summed E-state index contributed by atoms with van der Waals surface area (Å²) in [5.41, 5.74) is 1.68. The number of aromatic nitrogens is 1. The molecule has 0 aliphatic carbocycles. The van der Waals surface area contributed by atoms with E-state index in [2.05, 4.69) is 4.99 Å². The SMILES string of the molecule is CCOC(=O)C1=C(C)N=c2sc(=Cc3cccc(OCC(=O)O)c3)c(=O)n2[C@@H]1c1ccccc1OC. The molecule has 4 rings (SSSR count). The molecule has 1 atom stereocenters. The Labute approximate surface area is 210 Å². The molecule has 0 unspecified atom stereocenters. The number of esters is 1. The molecule has 0 saturated heterocycles. The minimum absolute atomic E-state index is 0.180. The summed E-state index contributed by atoms with van der Waals surface area (Å²) in [5.74, 6) is -0.742. The maximum Gasteiger partial charge on any atom is 0.341 e. The van der Waals surface area contributed by atoms with Crippen molar-refractivity contribution in [1.82, 2.24) is 4.57 Å². The van der Waals surface area contributed by atoms with Gasteiger partial charge in [-0.25, -0.2) is 14.6 Å². The number of thiazole rings is 1. The Kier molecular flexibility index (Phi) is 7.35. The van der Waals surface area contributed by atoms with E-state index in [0.29, 0.717) is 37.7 Å². The number of allylic oxidation sites excluding steroid dienone is 1. The van der Waals surface area contributed by atoms with Gasteiger partial charge in [0.1, 0.15) is 17.5 Å². The summed E-state index contributed by atoms with van der Waals surface area (Å²) in [6, 6.07) is 13.2. The van der Waals surface area contributed by atoms with E-state index in [0.717, 1.165) is 0 Å². The maximum absolute atomic E-state index is 13.7. The second-order valence-electron chi connectivity index (χ2n) is 7.80. The van der Waals surface area contributed by atoms with Crippen LogP contribution in [0.25, 0.3) is 6.08 Å². The number of methoxy groups -OCH3 is 1. The van der Waals surface area contributed by atoms with Crippen LogP contribution >= 0.6 is 11.3 Å². The molecule has 1 aliphatic rings. The molecule has 10 heteroatoms. The number of aliphatic carboxylic acids is 1. The van der Waals surface area contributed by atoms with Crippen molar-refractivity contribution in [1.29, 1.82) is 0 Å². The highest BCUT2D eigenvalue weighted by atomic mass is 32.1. The first-order chi connectivity index (χ1) is 17.3. The summed E-state index contributed by atoms with van der Waals surface area (Å²) in [7, 11) is 1.53. The van der Waals surface area contributed by atoms with Crippen LogP contribution in [0.2, 0.25) is 0 Å². The number of carbonyl (C=O) groups excluding carboxylic acids is 1. The molecule has 3 aromatic rings. The minimum Gasteiger partial charge on any atom is -0.496 e. The van der Waals surface area contributed by atoms with Crippen molar-refractivity contribution in [2.75, 3.05) is 20.3 Å². The van der Waals surface area contributed by atoms with Crippen LogP contribution in [0.1, 0.15) is 31.0 Å². The first-order valence-electron chi connectivity index (χ1n) is 11.1. The van der Waals surface area contributed by atoms with E-state index in [1.54, 1.807) is 50.3 Å². The third kappa shape index (κ3) is 4.94. The summed E-state index contributed by atoms with van der Waals surface area (Å²) >= 11 is 1.19. The maximum atomic E-state index is 13.7. The molecule has 1 aromatic heterocycles. The quantitative estimate of drug-likeness (QED) is 0.464. The molecule has 36 heavy (non-hydrogen) atoms. The van der Waals surface area contributed by atoms with Gasteiger partial charge >= 0.3 is 11.9 Å². The van der Waals surface area contributed by atoms with Gasteiger partial charge in [-0.15, -0.1) is 0 Å². The number of carboxylic acid groups (broad SMARTS) is 1. The van der Waals surface area contributed by atoms with E-state index in [1.807, 2.05) is 18.2 Å². The molecule has 0 spiro atoms. The van der Waals surface area contributed by atoms with Gasteiger partial charge < -0.3 is 19.3 Å². The van der Waals surface area contributed by atoms with Crippen LogP contribution < -0.4 is 24.4 Å². The molecule has 0 saturated carbocycles.